The number of alkyl halides is 3. The van der Waals surface area contributed by atoms with Crippen LogP contribution in [0.3, 0.4) is 0 Å². The lowest BCUT2D eigenvalue weighted by Crippen LogP contribution is -2.36. The number of benzene rings is 2. The van der Waals surface area contributed by atoms with Crippen molar-refractivity contribution in [3.63, 3.8) is 0 Å². The third-order valence-corrected chi connectivity index (χ3v) is 5.36. The molecule has 1 heterocycles. The number of anilines is 1. The molecular formula is C20H16F3N3O4S. The number of aliphatic carboxylic acids is 1. The number of hydrogen-bond donors (Lipinski definition) is 2. The number of carboxylic acid groups (broad SMARTS) is 1. The molecule has 1 aliphatic heterocycles. The molecule has 11 heteroatoms. The Bertz CT molecular complexity index is 1070. The molecule has 1 atom stereocenters. The maximum Gasteiger partial charge on any atom is 0.416 e. The number of amides is 2. The second kappa shape index (κ2) is 8.80. The maximum atomic E-state index is 13.1. The average molecular weight is 451 g/mol. The molecule has 1 unspecified atom stereocenters. The highest BCUT2D eigenvalue weighted by molar-refractivity contribution is 8.15. The highest BCUT2D eigenvalue weighted by Crippen LogP contribution is 2.32. The first-order valence-corrected chi connectivity index (χ1v) is 9.77. The van der Waals surface area contributed by atoms with Crippen LogP contribution in [0.2, 0.25) is 0 Å². The van der Waals surface area contributed by atoms with Crippen LogP contribution >= 0.6 is 11.8 Å². The molecule has 3 rings (SSSR count). The summed E-state index contributed by atoms with van der Waals surface area (Å²) in [6.45, 7) is -0.828. The Labute approximate surface area is 178 Å². The molecule has 3 N–H and O–H groups in total. The van der Waals surface area contributed by atoms with E-state index in [1.165, 1.54) is 18.2 Å². The van der Waals surface area contributed by atoms with Crippen LogP contribution in [0.25, 0.3) is 0 Å². The summed E-state index contributed by atoms with van der Waals surface area (Å²) in [6, 6.07) is 9.98. The third kappa shape index (κ3) is 5.43. The summed E-state index contributed by atoms with van der Waals surface area (Å²) in [5, 5.41) is 8.80. The van der Waals surface area contributed by atoms with Gasteiger partial charge in [-0.15, -0.1) is 0 Å². The molecule has 2 aromatic carbocycles. The summed E-state index contributed by atoms with van der Waals surface area (Å²) in [5.41, 5.74) is 5.00. The van der Waals surface area contributed by atoms with Gasteiger partial charge in [0.1, 0.15) is 6.54 Å². The lowest BCUT2D eigenvalue weighted by atomic mass is 10.0. The average Bonchev–Trinajstić information content (AvgIpc) is 3.02. The lowest BCUT2D eigenvalue weighted by Gasteiger charge is -2.22. The summed E-state index contributed by atoms with van der Waals surface area (Å²) in [5.74, 6) is -2.57. The van der Waals surface area contributed by atoms with Crippen molar-refractivity contribution in [1.82, 2.24) is 0 Å². The molecule has 0 fully saturated rings. The van der Waals surface area contributed by atoms with Crippen molar-refractivity contribution in [2.75, 3.05) is 11.4 Å². The van der Waals surface area contributed by atoms with Crippen LogP contribution in [-0.4, -0.2) is 39.9 Å². The van der Waals surface area contributed by atoms with E-state index < -0.39 is 41.3 Å². The van der Waals surface area contributed by atoms with Gasteiger partial charge in [0, 0.05) is 11.3 Å². The Morgan fingerprint density at radius 3 is 2.48 bits per heavy atom. The summed E-state index contributed by atoms with van der Waals surface area (Å²) in [7, 11) is 0. The van der Waals surface area contributed by atoms with Gasteiger partial charge < -0.3 is 10.8 Å². The fourth-order valence-electron chi connectivity index (χ4n) is 3.00. The van der Waals surface area contributed by atoms with Crippen molar-refractivity contribution in [2.24, 2.45) is 10.7 Å². The summed E-state index contributed by atoms with van der Waals surface area (Å²) < 4.78 is 39.2. The normalized spacial score (nSPS) is 16.2. The molecule has 0 saturated carbocycles. The van der Waals surface area contributed by atoms with Gasteiger partial charge in [0.2, 0.25) is 0 Å². The Morgan fingerprint density at radius 1 is 1.16 bits per heavy atom. The van der Waals surface area contributed by atoms with Crippen LogP contribution in [0.1, 0.15) is 21.5 Å². The van der Waals surface area contributed by atoms with E-state index in [4.69, 9.17) is 5.73 Å². The van der Waals surface area contributed by atoms with Crippen molar-refractivity contribution in [1.29, 1.82) is 0 Å². The summed E-state index contributed by atoms with van der Waals surface area (Å²) >= 11 is 1.10. The highest BCUT2D eigenvalue weighted by atomic mass is 32.2. The molecule has 0 radical (unpaired) electrons. The molecule has 7 nitrogen and oxygen atoms in total. The third-order valence-electron chi connectivity index (χ3n) is 4.38. The van der Waals surface area contributed by atoms with Gasteiger partial charge in [0.15, 0.2) is 5.17 Å². The molecule has 0 spiro atoms. The zero-order valence-corrected chi connectivity index (χ0v) is 16.6. The standard InChI is InChI=1S/C20H16F3N3O4S/c21-20(22,23)13-5-2-6-14(9-13)26(10-16(27)28)18(30)12-4-1-3-11(7-12)8-15-17(29)25-19(24)31-15/h1-7,9,15H,8,10H2,(H,27,28)(H2,24,25,29). The van der Waals surface area contributed by atoms with E-state index in [0.29, 0.717) is 5.56 Å². The van der Waals surface area contributed by atoms with Crippen molar-refractivity contribution in [3.8, 4) is 0 Å². The summed E-state index contributed by atoms with van der Waals surface area (Å²) in [6.07, 6.45) is -4.42. The van der Waals surface area contributed by atoms with E-state index in [-0.39, 0.29) is 22.8 Å². The number of rotatable bonds is 6. The van der Waals surface area contributed by atoms with Gasteiger partial charge in [-0.2, -0.15) is 18.2 Å². The van der Waals surface area contributed by atoms with Crippen molar-refractivity contribution < 1.29 is 32.7 Å². The second-order valence-electron chi connectivity index (χ2n) is 6.63. The molecule has 2 aromatic rings. The van der Waals surface area contributed by atoms with Crippen molar-refractivity contribution in [2.45, 2.75) is 17.8 Å². The summed E-state index contributed by atoms with van der Waals surface area (Å²) in [4.78, 5) is 40.5. The van der Waals surface area contributed by atoms with E-state index in [0.717, 1.165) is 34.9 Å². The Morgan fingerprint density at radius 2 is 1.87 bits per heavy atom. The molecule has 0 aromatic heterocycles. The van der Waals surface area contributed by atoms with Crippen LogP contribution in [0.4, 0.5) is 18.9 Å². The number of amidine groups is 1. The Balaban J connectivity index is 1.89. The number of nitrogens with zero attached hydrogens (tertiary/aromatic N) is 2. The number of carbonyl (C=O) groups is 3. The monoisotopic (exact) mass is 451 g/mol. The van der Waals surface area contributed by atoms with Gasteiger partial charge in [-0.25, -0.2) is 0 Å². The number of aliphatic imine (C=N–C) groups is 1. The molecule has 0 aliphatic carbocycles. The molecule has 1 aliphatic rings. The minimum Gasteiger partial charge on any atom is -0.480 e. The highest BCUT2D eigenvalue weighted by Gasteiger charge is 2.32. The molecule has 0 saturated heterocycles. The molecular weight excluding hydrogens is 435 g/mol. The van der Waals surface area contributed by atoms with Crippen LogP contribution in [0.5, 0.6) is 0 Å². The Hall–Kier alpha value is -3.34. The molecule has 31 heavy (non-hydrogen) atoms. The zero-order valence-electron chi connectivity index (χ0n) is 15.8. The number of carbonyl (C=O) groups excluding carboxylic acids is 2. The quantitative estimate of drug-likeness (QED) is 0.698. The smallest absolute Gasteiger partial charge is 0.416 e. The number of thioether (sulfide) groups is 1. The second-order valence-corrected chi connectivity index (χ2v) is 7.86. The van der Waals surface area contributed by atoms with E-state index in [2.05, 4.69) is 4.99 Å². The predicted molar refractivity (Wildman–Crippen MR) is 109 cm³/mol. The Kier molecular flexibility index (Phi) is 6.34. The van der Waals surface area contributed by atoms with E-state index in [9.17, 15) is 32.7 Å². The minimum absolute atomic E-state index is 0.0699. The van der Waals surface area contributed by atoms with E-state index >= 15 is 0 Å². The minimum atomic E-state index is -4.65. The van der Waals surface area contributed by atoms with Crippen LogP contribution < -0.4 is 10.6 Å². The first-order valence-electron chi connectivity index (χ1n) is 8.89. The number of nitrogens with two attached hydrogens (primary N) is 1. The number of hydrogen-bond acceptors (Lipinski definition) is 5. The fourth-order valence-corrected chi connectivity index (χ4v) is 3.86. The van der Waals surface area contributed by atoms with Gasteiger partial charge in [0.05, 0.1) is 10.8 Å². The van der Waals surface area contributed by atoms with Crippen molar-refractivity contribution in [3.05, 3.63) is 65.2 Å². The van der Waals surface area contributed by atoms with Gasteiger partial charge in [-0.05, 0) is 42.3 Å². The van der Waals surface area contributed by atoms with Crippen molar-refractivity contribution >= 4 is 40.4 Å². The maximum absolute atomic E-state index is 13.1. The van der Waals surface area contributed by atoms with E-state index in [1.54, 1.807) is 12.1 Å². The van der Waals surface area contributed by atoms with E-state index in [1.807, 2.05) is 0 Å². The predicted octanol–water partition coefficient (Wildman–Crippen LogP) is 2.94. The SMILES string of the molecule is NC1=NC(=O)C(Cc2cccc(C(=O)N(CC(=O)O)c3cccc(C(F)(F)F)c3)c2)S1. The first-order chi connectivity index (χ1) is 14.5. The zero-order chi connectivity index (χ0) is 22.8. The fraction of sp³-hybridized carbons (Fsp3) is 0.200. The topological polar surface area (TPSA) is 113 Å². The lowest BCUT2D eigenvalue weighted by molar-refractivity contribution is -0.137. The number of carboxylic acids is 1. The largest absolute Gasteiger partial charge is 0.480 e. The van der Waals surface area contributed by atoms with Crippen LogP contribution in [0, 0.1) is 0 Å². The molecule has 0 bridgehead atoms. The molecule has 162 valence electrons. The van der Waals surface area contributed by atoms with Crippen LogP contribution in [0.15, 0.2) is 53.5 Å². The molecule has 2 amide bonds. The first kappa shape index (κ1) is 22.3. The van der Waals surface area contributed by atoms with Crippen LogP contribution in [-0.2, 0) is 22.2 Å². The van der Waals surface area contributed by atoms with Gasteiger partial charge in [-0.1, -0.05) is 30.0 Å². The van der Waals surface area contributed by atoms with Gasteiger partial charge in [0.25, 0.3) is 11.8 Å². The number of halogens is 3. The van der Waals surface area contributed by atoms with Gasteiger partial charge in [-0.3, -0.25) is 19.3 Å². The van der Waals surface area contributed by atoms with Gasteiger partial charge >= 0.3 is 12.1 Å².